The second-order valence-electron chi connectivity index (χ2n) is 4.58. The highest BCUT2D eigenvalue weighted by Crippen LogP contribution is 2.31. The van der Waals surface area contributed by atoms with Crippen molar-refractivity contribution in [2.24, 2.45) is 0 Å². The first-order chi connectivity index (χ1) is 10.7. The molecule has 0 spiro atoms. The Balaban J connectivity index is 1.88. The van der Waals surface area contributed by atoms with Gasteiger partial charge in [0.2, 0.25) is 5.95 Å². The summed E-state index contributed by atoms with van der Waals surface area (Å²) in [4.78, 5) is 14.3. The summed E-state index contributed by atoms with van der Waals surface area (Å²) in [7, 11) is 1.86. The van der Waals surface area contributed by atoms with Crippen molar-refractivity contribution in [3.63, 3.8) is 0 Å². The van der Waals surface area contributed by atoms with Crippen molar-refractivity contribution in [1.29, 1.82) is 0 Å². The third kappa shape index (κ3) is 3.26. The SMILES string of the molecule is CNc1nc(C)c(-c2ccnc(Nc3ccc(Br)cc3)n2)s1. The highest BCUT2D eigenvalue weighted by molar-refractivity contribution is 9.10. The maximum atomic E-state index is 4.58. The molecular weight excluding hydrogens is 362 g/mol. The van der Waals surface area contributed by atoms with Crippen molar-refractivity contribution in [1.82, 2.24) is 15.0 Å². The first-order valence-electron chi connectivity index (χ1n) is 6.67. The van der Waals surface area contributed by atoms with E-state index in [9.17, 15) is 0 Å². The topological polar surface area (TPSA) is 62.7 Å². The monoisotopic (exact) mass is 375 g/mol. The molecule has 1 aromatic carbocycles. The van der Waals surface area contributed by atoms with Gasteiger partial charge < -0.3 is 10.6 Å². The van der Waals surface area contributed by atoms with Crippen molar-refractivity contribution in [3.8, 4) is 10.6 Å². The minimum absolute atomic E-state index is 0.568. The maximum Gasteiger partial charge on any atom is 0.227 e. The van der Waals surface area contributed by atoms with Gasteiger partial charge in [-0.15, -0.1) is 0 Å². The fourth-order valence-electron chi connectivity index (χ4n) is 1.95. The average molecular weight is 376 g/mol. The predicted molar refractivity (Wildman–Crippen MR) is 94.8 cm³/mol. The van der Waals surface area contributed by atoms with E-state index in [1.807, 2.05) is 44.3 Å². The molecule has 22 heavy (non-hydrogen) atoms. The van der Waals surface area contributed by atoms with Gasteiger partial charge in [0, 0.05) is 23.4 Å². The summed E-state index contributed by atoms with van der Waals surface area (Å²) in [6.07, 6.45) is 1.75. The molecule has 0 fully saturated rings. The number of halogens is 1. The minimum Gasteiger partial charge on any atom is -0.365 e. The summed E-state index contributed by atoms with van der Waals surface area (Å²) in [6, 6.07) is 9.78. The van der Waals surface area contributed by atoms with Crippen molar-refractivity contribution < 1.29 is 0 Å². The van der Waals surface area contributed by atoms with Crippen LogP contribution in [0.2, 0.25) is 0 Å². The molecule has 2 aromatic heterocycles. The van der Waals surface area contributed by atoms with Crippen LogP contribution < -0.4 is 10.6 Å². The zero-order valence-corrected chi connectivity index (χ0v) is 14.5. The van der Waals surface area contributed by atoms with Crippen LogP contribution in [0.15, 0.2) is 41.0 Å². The number of hydrogen-bond donors (Lipinski definition) is 2. The molecule has 0 unspecified atom stereocenters. The van der Waals surface area contributed by atoms with Gasteiger partial charge in [-0.1, -0.05) is 27.3 Å². The lowest BCUT2D eigenvalue weighted by Crippen LogP contribution is -1.97. The molecule has 2 heterocycles. The number of aryl methyl sites for hydroxylation is 1. The van der Waals surface area contributed by atoms with Gasteiger partial charge in [-0.05, 0) is 37.3 Å². The van der Waals surface area contributed by atoms with E-state index >= 15 is 0 Å². The summed E-state index contributed by atoms with van der Waals surface area (Å²) in [5, 5.41) is 7.15. The van der Waals surface area contributed by atoms with Gasteiger partial charge in [-0.25, -0.2) is 15.0 Å². The third-order valence-corrected chi connectivity index (χ3v) is 4.73. The first-order valence-corrected chi connectivity index (χ1v) is 8.28. The number of benzene rings is 1. The Morgan fingerprint density at radius 2 is 1.86 bits per heavy atom. The Hall–Kier alpha value is -1.99. The fraction of sp³-hybridized carbons (Fsp3) is 0.133. The molecule has 0 saturated heterocycles. The molecule has 0 aliphatic rings. The van der Waals surface area contributed by atoms with Gasteiger partial charge >= 0.3 is 0 Å². The zero-order valence-electron chi connectivity index (χ0n) is 12.1. The van der Waals surface area contributed by atoms with Crippen molar-refractivity contribution in [3.05, 3.63) is 46.7 Å². The van der Waals surface area contributed by atoms with E-state index in [1.54, 1.807) is 17.5 Å². The van der Waals surface area contributed by atoms with Crippen LogP contribution in [-0.4, -0.2) is 22.0 Å². The summed E-state index contributed by atoms with van der Waals surface area (Å²) in [5.74, 6) is 0.568. The van der Waals surface area contributed by atoms with E-state index in [4.69, 9.17) is 0 Å². The number of hydrogen-bond acceptors (Lipinski definition) is 6. The van der Waals surface area contributed by atoms with E-state index in [0.717, 1.165) is 31.6 Å². The molecule has 7 heteroatoms. The summed E-state index contributed by atoms with van der Waals surface area (Å²) in [5.41, 5.74) is 2.77. The van der Waals surface area contributed by atoms with Crippen LogP contribution in [-0.2, 0) is 0 Å². The van der Waals surface area contributed by atoms with Crippen molar-refractivity contribution in [2.45, 2.75) is 6.92 Å². The lowest BCUT2D eigenvalue weighted by Gasteiger charge is -2.06. The summed E-state index contributed by atoms with van der Waals surface area (Å²) >= 11 is 5.00. The molecule has 0 aliphatic carbocycles. The lowest BCUT2D eigenvalue weighted by atomic mass is 10.3. The number of rotatable bonds is 4. The molecule has 0 bridgehead atoms. The standard InChI is InChI=1S/C15H14BrN5S/c1-9-13(22-15(17-2)19-9)12-7-8-18-14(21-12)20-11-5-3-10(16)4-6-11/h3-8H,1-2H3,(H,17,19)(H,18,20,21). The lowest BCUT2D eigenvalue weighted by molar-refractivity contribution is 1.16. The summed E-state index contributed by atoms with van der Waals surface area (Å²) in [6.45, 7) is 1.98. The van der Waals surface area contributed by atoms with Crippen LogP contribution in [0, 0.1) is 6.92 Å². The number of nitrogens with one attached hydrogen (secondary N) is 2. The first kappa shape index (κ1) is 14.9. The van der Waals surface area contributed by atoms with Crippen LogP contribution in [0.1, 0.15) is 5.69 Å². The quantitative estimate of drug-likeness (QED) is 0.704. The smallest absolute Gasteiger partial charge is 0.227 e. The number of anilines is 3. The van der Waals surface area contributed by atoms with Crippen LogP contribution in [0.4, 0.5) is 16.8 Å². The van der Waals surface area contributed by atoms with Gasteiger partial charge in [0.05, 0.1) is 16.3 Å². The zero-order chi connectivity index (χ0) is 15.5. The molecule has 0 radical (unpaired) electrons. The number of thiazole rings is 1. The average Bonchev–Trinajstić information content (AvgIpc) is 2.91. The normalized spacial score (nSPS) is 10.5. The number of aromatic nitrogens is 3. The molecule has 112 valence electrons. The minimum atomic E-state index is 0.568. The molecule has 0 amide bonds. The Kier molecular flexibility index (Phi) is 4.35. The fourth-order valence-corrected chi connectivity index (χ4v) is 3.10. The highest BCUT2D eigenvalue weighted by atomic mass is 79.9. The predicted octanol–water partition coefficient (Wildman–Crippen LogP) is 4.46. The van der Waals surface area contributed by atoms with Gasteiger partial charge in [-0.2, -0.15) is 0 Å². The van der Waals surface area contributed by atoms with Crippen molar-refractivity contribution >= 4 is 44.0 Å². The van der Waals surface area contributed by atoms with Gasteiger partial charge in [0.1, 0.15) is 0 Å². The van der Waals surface area contributed by atoms with Gasteiger partial charge in [0.15, 0.2) is 5.13 Å². The maximum absolute atomic E-state index is 4.58. The van der Waals surface area contributed by atoms with E-state index in [2.05, 4.69) is 41.5 Å². The van der Waals surface area contributed by atoms with E-state index in [1.165, 1.54) is 0 Å². The molecule has 5 nitrogen and oxygen atoms in total. The van der Waals surface area contributed by atoms with E-state index < -0.39 is 0 Å². The Morgan fingerprint density at radius 3 is 2.55 bits per heavy atom. The summed E-state index contributed by atoms with van der Waals surface area (Å²) < 4.78 is 1.03. The van der Waals surface area contributed by atoms with Crippen LogP contribution in [0.5, 0.6) is 0 Å². The van der Waals surface area contributed by atoms with Crippen LogP contribution >= 0.6 is 27.3 Å². The second kappa shape index (κ2) is 6.41. The molecule has 0 atom stereocenters. The largest absolute Gasteiger partial charge is 0.365 e. The molecule has 3 rings (SSSR count). The Morgan fingerprint density at radius 1 is 1.09 bits per heavy atom. The Bertz CT molecular complexity index is 785. The molecule has 3 aromatic rings. The van der Waals surface area contributed by atoms with Gasteiger partial charge in [0.25, 0.3) is 0 Å². The number of nitrogens with zero attached hydrogens (tertiary/aromatic N) is 3. The van der Waals surface area contributed by atoms with Crippen LogP contribution in [0.25, 0.3) is 10.6 Å². The van der Waals surface area contributed by atoms with E-state index in [0.29, 0.717) is 5.95 Å². The van der Waals surface area contributed by atoms with Crippen molar-refractivity contribution in [2.75, 3.05) is 17.7 Å². The Labute approximate surface area is 141 Å². The molecular formula is C15H14BrN5S. The van der Waals surface area contributed by atoms with Crippen LogP contribution in [0.3, 0.4) is 0 Å². The third-order valence-electron chi connectivity index (χ3n) is 3.00. The van der Waals surface area contributed by atoms with Gasteiger partial charge in [-0.3, -0.25) is 0 Å². The van der Waals surface area contributed by atoms with E-state index in [-0.39, 0.29) is 0 Å². The molecule has 0 aliphatic heterocycles. The molecule has 2 N–H and O–H groups in total. The second-order valence-corrected chi connectivity index (χ2v) is 6.50. The molecule has 0 saturated carbocycles. The highest BCUT2D eigenvalue weighted by Gasteiger charge is 2.11.